The lowest BCUT2D eigenvalue weighted by Crippen LogP contribution is -2.31. The van der Waals surface area contributed by atoms with E-state index in [0.717, 1.165) is 47.2 Å². The molecule has 1 aromatic carbocycles. The first-order chi connectivity index (χ1) is 15.5. The van der Waals surface area contributed by atoms with Crippen molar-refractivity contribution < 1.29 is 9.53 Å². The molecule has 4 rings (SSSR count). The number of nitrogens with zero attached hydrogens (tertiary/aromatic N) is 2. The zero-order chi connectivity index (χ0) is 22.7. The smallest absolute Gasteiger partial charge is 0.263 e. The third-order valence-corrected chi connectivity index (χ3v) is 7.90. The summed E-state index contributed by atoms with van der Waals surface area (Å²) in [5.74, 6) is 0.678. The number of thiophene rings is 1. The third kappa shape index (κ3) is 4.61. The lowest BCUT2D eigenvalue weighted by atomic mass is 9.97. The highest BCUT2D eigenvalue weighted by molar-refractivity contribution is 8.00. The van der Waals surface area contributed by atoms with Gasteiger partial charge in [-0.3, -0.25) is 14.2 Å². The molecule has 3 aromatic rings. The van der Waals surface area contributed by atoms with Crippen LogP contribution in [-0.4, -0.2) is 27.8 Å². The van der Waals surface area contributed by atoms with Gasteiger partial charge in [-0.25, -0.2) is 4.98 Å². The van der Waals surface area contributed by atoms with Crippen LogP contribution in [0.25, 0.3) is 10.2 Å². The number of carbonyl (C=O) groups is 1. The SMILES string of the molecule is C=CCn1c(SC(C)C(=O)NCc2ccc(OC)cc2)nc2sc3c(c2c1=O)CCCC3. The summed E-state index contributed by atoms with van der Waals surface area (Å²) in [6.45, 7) is 6.43. The number of benzene rings is 1. The fourth-order valence-electron chi connectivity index (χ4n) is 3.89. The Kier molecular flexibility index (Phi) is 7.01. The molecule has 0 fully saturated rings. The zero-order valence-electron chi connectivity index (χ0n) is 18.3. The van der Waals surface area contributed by atoms with E-state index >= 15 is 0 Å². The van der Waals surface area contributed by atoms with Gasteiger partial charge >= 0.3 is 0 Å². The predicted molar refractivity (Wildman–Crippen MR) is 131 cm³/mol. The number of nitrogens with one attached hydrogen (secondary N) is 1. The number of aryl methyl sites for hydroxylation is 2. The number of hydrogen-bond acceptors (Lipinski definition) is 6. The van der Waals surface area contributed by atoms with Gasteiger partial charge in [-0.2, -0.15) is 0 Å². The van der Waals surface area contributed by atoms with Crippen molar-refractivity contribution in [2.24, 2.45) is 0 Å². The maximum absolute atomic E-state index is 13.3. The molecule has 168 valence electrons. The molecule has 0 aliphatic heterocycles. The van der Waals surface area contributed by atoms with Crippen LogP contribution in [-0.2, 0) is 30.7 Å². The predicted octanol–water partition coefficient (Wildman–Crippen LogP) is 4.33. The van der Waals surface area contributed by atoms with Gasteiger partial charge in [0.05, 0.1) is 17.7 Å². The highest BCUT2D eigenvalue weighted by Crippen LogP contribution is 2.35. The van der Waals surface area contributed by atoms with Gasteiger partial charge < -0.3 is 10.1 Å². The lowest BCUT2D eigenvalue weighted by molar-refractivity contribution is -0.120. The number of allylic oxidation sites excluding steroid dienone is 1. The molecule has 0 spiro atoms. The number of methoxy groups -OCH3 is 1. The zero-order valence-corrected chi connectivity index (χ0v) is 20.0. The minimum atomic E-state index is -0.400. The average molecular weight is 470 g/mol. The van der Waals surface area contributed by atoms with Gasteiger partial charge in [0.15, 0.2) is 5.16 Å². The molecule has 32 heavy (non-hydrogen) atoms. The third-order valence-electron chi connectivity index (χ3n) is 5.63. The number of carbonyl (C=O) groups excluding carboxylic acids is 1. The molecule has 8 heteroatoms. The summed E-state index contributed by atoms with van der Waals surface area (Å²) < 4.78 is 6.81. The number of aromatic nitrogens is 2. The van der Waals surface area contributed by atoms with E-state index in [1.54, 1.807) is 29.1 Å². The topological polar surface area (TPSA) is 73.2 Å². The fraction of sp³-hybridized carbons (Fsp3) is 0.375. The number of thioether (sulfide) groups is 1. The van der Waals surface area contributed by atoms with Gasteiger partial charge in [-0.15, -0.1) is 17.9 Å². The van der Waals surface area contributed by atoms with Crippen LogP contribution in [0.5, 0.6) is 5.75 Å². The minimum absolute atomic E-state index is 0.0253. The molecule has 1 aliphatic carbocycles. The molecule has 0 radical (unpaired) electrons. The molecule has 2 heterocycles. The molecule has 1 atom stereocenters. The Labute approximate surface area is 195 Å². The van der Waals surface area contributed by atoms with Crippen LogP contribution in [0.4, 0.5) is 0 Å². The van der Waals surface area contributed by atoms with Gasteiger partial charge in [0.1, 0.15) is 10.6 Å². The molecule has 2 aromatic heterocycles. The highest BCUT2D eigenvalue weighted by atomic mass is 32.2. The van der Waals surface area contributed by atoms with E-state index in [-0.39, 0.29) is 11.5 Å². The summed E-state index contributed by atoms with van der Waals surface area (Å²) >= 11 is 2.94. The number of ether oxygens (including phenoxy) is 1. The minimum Gasteiger partial charge on any atom is -0.497 e. The van der Waals surface area contributed by atoms with E-state index in [0.29, 0.717) is 18.2 Å². The first-order valence-corrected chi connectivity index (χ1v) is 12.4. The molecule has 1 aliphatic rings. The Bertz CT molecular complexity index is 1200. The number of amides is 1. The molecular weight excluding hydrogens is 442 g/mol. The van der Waals surface area contributed by atoms with Crippen molar-refractivity contribution in [3.05, 3.63) is 63.3 Å². The molecule has 0 saturated heterocycles. The van der Waals surface area contributed by atoms with Crippen LogP contribution in [0.1, 0.15) is 35.8 Å². The van der Waals surface area contributed by atoms with Gasteiger partial charge in [-0.1, -0.05) is 30.0 Å². The second-order valence-electron chi connectivity index (χ2n) is 7.82. The first kappa shape index (κ1) is 22.6. The average Bonchev–Trinajstić information content (AvgIpc) is 3.18. The normalized spacial score (nSPS) is 14.1. The Balaban J connectivity index is 1.54. The molecule has 1 amide bonds. The summed E-state index contributed by atoms with van der Waals surface area (Å²) in [4.78, 5) is 33.0. The van der Waals surface area contributed by atoms with Gasteiger partial charge in [0, 0.05) is 18.0 Å². The summed E-state index contributed by atoms with van der Waals surface area (Å²) in [5, 5.41) is 3.89. The second-order valence-corrected chi connectivity index (χ2v) is 10.2. The van der Waals surface area contributed by atoms with Crippen LogP contribution in [0.2, 0.25) is 0 Å². The van der Waals surface area contributed by atoms with E-state index < -0.39 is 5.25 Å². The lowest BCUT2D eigenvalue weighted by Gasteiger charge is -2.15. The van der Waals surface area contributed by atoms with Crippen molar-refractivity contribution in [3.63, 3.8) is 0 Å². The maximum atomic E-state index is 13.3. The summed E-state index contributed by atoms with van der Waals surface area (Å²) in [5.41, 5.74) is 2.14. The Morgan fingerprint density at radius 3 is 2.81 bits per heavy atom. The van der Waals surface area contributed by atoms with Crippen molar-refractivity contribution in [1.82, 2.24) is 14.9 Å². The monoisotopic (exact) mass is 469 g/mol. The van der Waals surface area contributed by atoms with Crippen molar-refractivity contribution >= 4 is 39.2 Å². The fourth-order valence-corrected chi connectivity index (χ4v) is 6.13. The van der Waals surface area contributed by atoms with Crippen molar-refractivity contribution in [2.45, 2.75) is 56.1 Å². The van der Waals surface area contributed by atoms with Crippen molar-refractivity contribution in [2.75, 3.05) is 7.11 Å². The summed E-state index contributed by atoms with van der Waals surface area (Å²) in [6.07, 6.45) is 5.93. The standard InChI is InChI=1S/C24H27N3O3S2/c1-4-13-27-23(29)20-18-7-5-6-8-19(18)32-22(20)26-24(27)31-15(2)21(28)25-14-16-9-11-17(30-3)12-10-16/h4,9-12,15H,1,5-8,13-14H2,2-3H3,(H,25,28). The molecule has 6 nitrogen and oxygen atoms in total. The van der Waals surface area contributed by atoms with Crippen LogP contribution >= 0.6 is 23.1 Å². The first-order valence-electron chi connectivity index (χ1n) is 10.7. The quantitative estimate of drug-likeness (QED) is 0.302. The highest BCUT2D eigenvalue weighted by Gasteiger charge is 2.24. The van der Waals surface area contributed by atoms with Crippen LogP contribution in [0.15, 0.2) is 46.9 Å². The van der Waals surface area contributed by atoms with E-state index in [1.165, 1.54) is 22.2 Å². The van der Waals surface area contributed by atoms with E-state index in [2.05, 4.69) is 11.9 Å². The molecule has 1 N–H and O–H groups in total. The van der Waals surface area contributed by atoms with Gasteiger partial charge in [0.2, 0.25) is 5.91 Å². The van der Waals surface area contributed by atoms with Crippen LogP contribution in [0, 0.1) is 0 Å². The number of hydrogen-bond donors (Lipinski definition) is 1. The number of rotatable bonds is 8. The van der Waals surface area contributed by atoms with Gasteiger partial charge in [-0.05, 0) is 55.9 Å². The Morgan fingerprint density at radius 2 is 2.09 bits per heavy atom. The van der Waals surface area contributed by atoms with E-state index in [4.69, 9.17) is 9.72 Å². The Morgan fingerprint density at radius 1 is 1.34 bits per heavy atom. The van der Waals surface area contributed by atoms with Crippen molar-refractivity contribution in [1.29, 1.82) is 0 Å². The number of fused-ring (bicyclic) bond motifs is 3. The van der Waals surface area contributed by atoms with E-state index in [1.807, 2.05) is 31.2 Å². The van der Waals surface area contributed by atoms with Crippen LogP contribution < -0.4 is 15.6 Å². The summed E-state index contributed by atoms with van der Waals surface area (Å²) in [7, 11) is 1.62. The largest absolute Gasteiger partial charge is 0.497 e. The molecule has 1 unspecified atom stereocenters. The van der Waals surface area contributed by atoms with Gasteiger partial charge in [0.25, 0.3) is 5.56 Å². The summed E-state index contributed by atoms with van der Waals surface area (Å²) in [6, 6.07) is 7.58. The molecule has 0 saturated carbocycles. The second kappa shape index (κ2) is 9.92. The Hall–Kier alpha value is -2.58. The molecular formula is C24H27N3O3S2. The maximum Gasteiger partial charge on any atom is 0.263 e. The van der Waals surface area contributed by atoms with Crippen molar-refractivity contribution in [3.8, 4) is 5.75 Å². The van der Waals surface area contributed by atoms with Crippen LogP contribution in [0.3, 0.4) is 0 Å². The molecule has 0 bridgehead atoms. The van der Waals surface area contributed by atoms with E-state index in [9.17, 15) is 9.59 Å².